The first-order valence-corrected chi connectivity index (χ1v) is 13.3. The lowest BCUT2D eigenvalue weighted by Crippen LogP contribution is -2.25. The summed E-state index contributed by atoms with van der Waals surface area (Å²) in [5, 5.41) is 0. The minimum Gasteiger partial charge on any atom is -0.429 e. The van der Waals surface area contributed by atoms with Crippen molar-refractivity contribution in [2.45, 2.75) is 32.1 Å². The highest BCUT2D eigenvalue weighted by Crippen LogP contribution is 2.39. The lowest BCUT2D eigenvalue weighted by Gasteiger charge is -2.20. The maximum Gasteiger partial charge on any atom is 0.432 e. The van der Waals surface area contributed by atoms with E-state index in [1.807, 2.05) is 30.3 Å². The van der Waals surface area contributed by atoms with Crippen molar-refractivity contribution in [3.8, 4) is 29.4 Å². The Balaban J connectivity index is 1.47. The van der Waals surface area contributed by atoms with Crippen molar-refractivity contribution >= 4 is 6.08 Å². The van der Waals surface area contributed by atoms with Gasteiger partial charge in [0, 0.05) is 34.4 Å². The Morgan fingerprint density at radius 1 is 0.600 bits per heavy atom. The van der Waals surface area contributed by atoms with Crippen molar-refractivity contribution in [3.05, 3.63) is 141 Å². The lowest BCUT2D eigenvalue weighted by molar-refractivity contribution is -0.189. The molecule has 4 aromatic carbocycles. The monoisotopic (exact) mass is 628 g/mol. The molecule has 45 heavy (non-hydrogen) atoms. The number of benzene rings is 4. The van der Waals surface area contributed by atoms with Crippen molar-refractivity contribution in [2.24, 2.45) is 0 Å². The SMILES string of the molecule is CCC/C=C/c1ccc(C#Cc2ccc(C#Cc3cc(F)c(C(F)(F)Oc4cc(F)c(C(F)(F)F)c(F)c4)c(F)c3)cc2)cc1. The molecule has 0 atom stereocenters. The summed E-state index contributed by atoms with van der Waals surface area (Å²) in [6.07, 6.45) is -4.10. The van der Waals surface area contributed by atoms with Crippen molar-refractivity contribution in [1.82, 2.24) is 0 Å². The molecule has 0 aliphatic rings. The van der Waals surface area contributed by atoms with Crippen LogP contribution in [0.1, 0.15) is 58.7 Å². The lowest BCUT2D eigenvalue weighted by atomic mass is 10.1. The van der Waals surface area contributed by atoms with Crippen LogP contribution in [0.3, 0.4) is 0 Å². The molecule has 1 nitrogen and oxygen atoms in total. The van der Waals surface area contributed by atoms with Crippen LogP contribution in [0.5, 0.6) is 5.75 Å². The predicted molar refractivity (Wildman–Crippen MR) is 151 cm³/mol. The Hall–Kier alpha value is -5.09. The maximum atomic E-state index is 14.6. The molecular formula is C35H21F9O. The summed E-state index contributed by atoms with van der Waals surface area (Å²) in [6.45, 7) is 2.10. The van der Waals surface area contributed by atoms with E-state index in [0.29, 0.717) is 23.3 Å². The van der Waals surface area contributed by atoms with Gasteiger partial charge in [0.05, 0.1) is 0 Å². The molecule has 0 N–H and O–H groups in total. The number of rotatable bonds is 6. The smallest absolute Gasteiger partial charge is 0.429 e. The van der Waals surface area contributed by atoms with Gasteiger partial charge in [0.1, 0.15) is 40.1 Å². The van der Waals surface area contributed by atoms with Crippen LogP contribution < -0.4 is 4.74 Å². The van der Waals surface area contributed by atoms with E-state index in [2.05, 4.69) is 41.4 Å². The number of halogens is 9. The molecule has 230 valence electrons. The second-order valence-electron chi connectivity index (χ2n) is 9.58. The van der Waals surface area contributed by atoms with Crippen molar-refractivity contribution in [1.29, 1.82) is 0 Å². The summed E-state index contributed by atoms with van der Waals surface area (Å²) in [7, 11) is 0. The maximum absolute atomic E-state index is 14.6. The predicted octanol–water partition coefficient (Wildman–Crippen LogP) is 10.0. The molecule has 0 bridgehead atoms. The van der Waals surface area contributed by atoms with Crippen molar-refractivity contribution < 1.29 is 44.3 Å². The molecule has 0 aliphatic carbocycles. The molecule has 0 saturated carbocycles. The second kappa shape index (κ2) is 13.7. The molecule has 0 spiro atoms. The fraction of sp³-hybridized carbons (Fsp3) is 0.143. The highest BCUT2D eigenvalue weighted by atomic mass is 19.4. The van der Waals surface area contributed by atoms with Crippen LogP contribution in [0.4, 0.5) is 39.5 Å². The zero-order chi connectivity index (χ0) is 32.8. The first-order chi connectivity index (χ1) is 21.3. The Kier molecular flexibility index (Phi) is 9.98. The number of ether oxygens (including phenoxy) is 1. The summed E-state index contributed by atoms with van der Waals surface area (Å²) in [5.74, 6) is 1.59. The molecule has 0 amide bonds. The van der Waals surface area contributed by atoms with E-state index in [1.54, 1.807) is 24.3 Å². The molecule has 4 aromatic rings. The molecule has 0 fully saturated rings. The number of allylic oxidation sites excluding steroid dienone is 1. The molecule has 0 saturated heterocycles. The Morgan fingerprint density at radius 2 is 1.02 bits per heavy atom. The van der Waals surface area contributed by atoms with Crippen LogP contribution in [-0.4, -0.2) is 0 Å². The van der Waals surface area contributed by atoms with Crippen LogP contribution in [0.15, 0.2) is 78.9 Å². The van der Waals surface area contributed by atoms with Crippen molar-refractivity contribution in [3.63, 3.8) is 0 Å². The minimum atomic E-state index is -5.46. The first kappa shape index (κ1) is 32.8. The number of alkyl halides is 5. The highest BCUT2D eigenvalue weighted by Gasteiger charge is 2.43. The summed E-state index contributed by atoms with van der Waals surface area (Å²) in [6, 6.07) is 14.9. The summed E-state index contributed by atoms with van der Waals surface area (Å²) >= 11 is 0. The molecule has 0 aliphatic heterocycles. The topological polar surface area (TPSA) is 9.23 Å². The summed E-state index contributed by atoms with van der Waals surface area (Å²) in [4.78, 5) is 0. The van der Waals surface area contributed by atoms with E-state index in [4.69, 9.17) is 0 Å². The zero-order valence-corrected chi connectivity index (χ0v) is 23.3. The third-order valence-electron chi connectivity index (χ3n) is 6.14. The Bertz CT molecular complexity index is 1790. The average Bonchev–Trinajstić information content (AvgIpc) is 2.94. The number of unbranched alkanes of at least 4 members (excludes halogenated alkanes) is 1. The van der Waals surface area contributed by atoms with Gasteiger partial charge in [0.15, 0.2) is 0 Å². The van der Waals surface area contributed by atoms with E-state index < -0.39 is 52.4 Å². The van der Waals surface area contributed by atoms with Gasteiger partial charge < -0.3 is 4.74 Å². The molecule has 0 heterocycles. The first-order valence-electron chi connectivity index (χ1n) is 13.3. The molecule has 0 aromatic heterocycles. The highest BCUT2D eigenvalue weighted by molar-refractivity contribution is 5.53. The largest absolute Gasteiger partial charge is 0.432 e. The quantitative estimate of drug-likeness (QED) is 0.153. The van der Waals surface area contributed by atoms with Gasteiger partial charge in [-0.15, -0.1) is 0 Å². The van der Waals surface area contributed by atoms with Gasteiger partial charge in [-0.05, 0) is 60.5 Å². The molecule has 0 unspecified atom stereocenters. The van der Waals surface area contributed by atoms with Gasteiger partial charge in [-0.3, -0.25) is 0 Å². The van der Waals surface area contributed by atoms with Gasteiger partial charge in [-0.2, -0.15) is 22.0 Å². The van der Waals surface area contributed by atoms with Crippen molar-refractivity contribution in [2.75, 3.05) is 0 Å². The van der Waals surface area contributed by atoms with Crippen LogP contribution in [0, 0.1) is 47.0 Å². The summed E-state index contributed by atoms with van der Waals surface area (Å²) < 4.78 is 128. The van der Waals surface area contributed by atoms with Crippen LogP contribution in [0.25, 0.3) is 6.08 Å². The van der Waals surface area contributed by atoms with Gasteiger partial charge in [-0.25, -0.2) is 17.6 Å². The minimum absolute atomic E-state index is 0.170. The fourth-order valence-electron chi connectivity index (χ4n) is 3.99. The average molecular weight is 629 g/mol. The van der Waals surface area contributed by atoms with E-state index in [-0.39, 0.29) is 17.7 Å². The Morgan fingerprint density at radius 3 is 1.47 bits per heavy atom. The molecule has 10 heteroatoms. The van der Waals surface area contributed by atoms with Gasteiger partial charge in [-0.1, -0.05) is 61.3 Å². The third kappa shape index (κ3) is 8.51. The van der Waals surface area contributed by atoms with E-state index in [0.717, 1.165) is 24.0 Å². The van der Waals surface area contributed by atoms with Crippen LogP contribution in [-0.2, 0) is 12.3 Å². The fourth-order valence-corrected chi connectivity index (χ4v) is 3.99. The molecule has 4 rings (SSSR count). The summed E-state index contributed by atoms with van der Waals surface area (Å²) in [5.41, 5.74) is -1.61. The third-order valence-corrected chi connectivity index (χ3v) is 6.14. The van der Waals surface area contributed by atoms with E-state index in [1.165, 1.54) is 0 Å². The zero-order valence-electron chi connectivity index (χ0n) is 23.3. The second-order valence-corrected chi connectivity index (χ2v) is 9.58. The molecular weight excluding hydrogens is 607 g/mol. The van der Waals surface area contributed by atoms with Gasteiger partial charge in [0.25, 0.3) is 0 Å². The van der Waals surface area contributed by atoms with E-state index in [9.17, 15) is 39.5 Å². The van der Waals surface area contributed by atoms with Gasteiger partial charge in [0.2, 0.25) is 0 Å². The van der Waals surface area contributed by atoms with Crippen LogP contribution >= 0.6 is 0 Å². The Labute approximate surface area is 253 Å². The van der Waals surface area contributed by atoms with E-state index >= 15 is 0 Å². The normalized spacial score (nSPS) is 11.5. The number of hydrogen-bond donors (Lipinski definition) is 0. The standard InChI is InChI=1S/C35H21F9O/c1-2-3-4-5-22-6-8-23(9-7-22)10-11-24-12-14-25(15-13-24)16-17-26-18-28(36)33(29(37)19-26)35(43,44)45-27-20-30(38)32(31(39)21-27)34(40,41)42/h4-9,12-15,18-21H,2-3H2,1H3/b5-4+. The number of hydrogen-bond acceptors (Lipinski definition) is 1. The van der Waals surface area contributed by atoms with Crippen LogP contribution in [0.2, 0.25) is 0 Å². The van der Waals surface area contributed by atoms with Gasteiger partial charge >= 0.3 is 12.3 Å². The molecule has 0 radical (unpaired) electrons.